The van der Waals surface area contributed by atoms with Crippen molar-refractivity contribution in [3.8, 4) is 5.75 Å². The van der Waals surface area contributed by atoms with E-state index in [0.29, 0.717) is 28.9 Å². The van der Waals surface area contributed by atoms with E-state index in [0.717, 1.165) is 0 Å². The molecule has 2 aromatic heterocycles. The van der Waals surface area contributed by atoms with Gasteiger partial charge >= 0.3 is 0 Å². The zero-order valence-corrected chi connectivity index (χ0v) is 17.1. The van der Waals surface area contributed by atoms with Crippen LogP contribution in [0.2, 0.25) is 5.02 Å². The van der Waals surface area contributed by atoms with Crippen LogP contribution in [0.5, 0.6) is 5.75 Å². The van der Waals surface area contributed by atoms with E-state index < -0.39 is 0 Å². The van der Waals surface area contributed by atoms with E-state index in [1.165, 1.54) is 11.1 Å². The second-order valence-electron chi connectivity index (χ2n) is 6.79. The molecule has 0 aliphatic carbocycles. The second-order valence-corrected chi connectivity index (χ2v) is 7.23. The highest BCUT2D eigenvalue weighted by Gasteiger charge is 2.13. The molecule has 152 valence electrons. The topological polar surface area (TPSA) is 69.3 Å². The highest BCUT2D eigenvalue weighted by Crippen LogP contribution is 2.19. The van der Waals surface area contributed by atoms with Crippen molar-refractivity contribution >= 4 is 23.3 Å². The first-order chi connectivity index (χ1) is 14.6. The number of hydrogen-bond donors (Lipinski definition) is 1. The van der Waals surface area contributed by atoms with Crippen molar-refractivity contribution in [1.82, 2.24) is 9.78 Å². The van der Waals surface area contributed by atoms with E-state index in [1.54, 1.807) is 47.1 Å². The third-order valence-corrected chi connectivity index (χ3v) is 4.77. The normalized spacial score (nSPS) is 10.7. The van der Waals surface area contributed by atoms with Crippen molar-refractivity contribution < 1.29 is 13.9 Å². The molecule has 4 rings (SSSR count). The summed E-state index contributed by atoms with van der Waals surface area (Å²) in [6.07, 6.45) is 1.83. The van der Waals surface area contributed by atoms with Gasteiger partial charge in [0.1, 0.15) is 18.1 Å². The number of ether oxygens (including phenoxy) is 1. The van der Waals surface area contributed by atoms with Gasteiger partial charge in [0.25, 0.3) is 5.91 Å². The van der Waals surface area contributed by atoms with Gasteiger partial charge in [0.15, 0.2) is 11.6 Å². The van der Waals surface area contributed by atoms with Crippen LogP contribution in [0.4, 0.5) is 5.82 Å². The highest BCUT2D eigenvalue weighted by molar-refractivity contribution is 6.30. The van der Waals surface area contributed by atoms with Crippen molar-refractivity contribution in [1.29, 1.82) is 0 Å². The van der Waals surface area contributed by atoms with Crippen LogP contribution in [0.3, 0.4) is 0 Å². The summed E-state index contributed by atoms with van der Waals surface area (Å²) in [6, 6.07) is 20.3. The van der Waals surface area contributed by atoms with Crippen LogP contribution in [0.15, 0.2) is 77.3 Å². The second kappa shape index (κ2) is 8.88. The number of carbonyl (C=O) groups is 1. The first-order valence-corrected chi connectivity index (χ1v) is 9.81. The van der Waals surface area contributed by atoms with Crippen molar-refractivity contribution in [3.05, 3.63) is 101 Å². The Morgan fingerprint density at radius 2 is 2.00 bits per heavy atom. The Morgan fingerprint density at radius 1 is 1.13 bits per heavy atom. The Morgan fingerprint density at radius 3 is 2.83 bits per heavy atom. The third-order valence-electron chi connectivity index (χ3n) is 4.54. The number of nitrogens with zero attached hydrogens (tertiary/aromatic N) is 2. The molecule has 0 spiro atoms. The zero-order chi connectivity index (χ0) is 20.9. The molecule has 1 amide bonds. The molecule has 0 bridgehead atoms. The molecule has 0 saturated heterocycles. The molecular formula is C23H20ClN3O3. The number of anilines is 1. The number of amides is 1. The molecule has 2 aromatic carbocycles. The molecule has 1 N–H and O–H groups in total. The van der Waals surface area contributed by atoms with Gasteiger partial charge in [-0.25, -0.2) is 0 Å². The molecule has 6 nitrogen and oxygen atoms in total. The van der Waals surface area contributed by atoms with Crippen molar-refractivity contribution in [2.75, 3.05) is 5.32 Å². The van der Waals surface area contributed by atoms with Crippen LogP contribution in [0.25, 0.3) is 0 Å². The van der Waals surface area contributed by atoms with Gasteiger partial charge in [-0.1, -0.05) is 41.9 Å². The number of carbonyl (C=O) groups excluding carboxylic acids is 1. The molecule has 7 heteroatoms. The summed E-state index contributed by atoms with van der Waals surface area (Å²) in [5.74, 6) is 1.44. The summed E-state index contributed by atoms with van der Waals surface area (Å²) in [5.41, 5.74) is 2.37. The minimum atomic E-state index is -0.370. The van der Waals surface area contributed by atoms with E-state index in [-0.39, 0.29) is 18.3 Å². The van der Waals surface area contributed by atoms with Crippen LogP contribution in [0, 0.1) is 6.92 Å². The molecule has 30 heavy (non-hydrogen) atoms. The van der Waals surface area contributed by atoms with E-state index in [9.17, 15) is 4.79 Å². The number of halogens is 1. The molecule has 2 heterocycles. The largest absolute Gasteiger partial charge is 0.486 e. The summed E-state index contributed by atoms with van der Waals surface area (Å²) in [4.78, 5) is 12.5. The molecule has 0 atom stereocenters. The van der Waals surface area contributed by atoms with Gasteiger partial charge in [0, 0.05) is 17.3 Å². The Kier molecular flexibility index (Phi) is 5.86. The van der Waals surface area contributed by atoms with Crippen LogP contribution in [-0.4, -0.2) is 15.7 Å². The van der Waals surface area contributed by atoms with Gasteiger partial charge in [-0.3, -0.25) is 9.48 Å². The highest BCUT2D eigenvalue weighted by atomic mass is 35.5. The minimum Gasteiger partial charge on any atom is -0.486 e. The van der Waals surface area contributed by atoms with Gasteiger partial charge in [-0.15, -0.1) is 0 Å². The summed E-state index contributed by atoms with van der Waals surface area (Å²) >= 11 is 5.94. The van der Waals surface area contributed by atoms with E-state index in [4.69, 9.17) is 20.8 Å². The van der Waals surface area contributed by atoms with Gasteiger partial charge < -0.3 is 14.5 Å². The molecule has 0 unspecified atom stereocenters. The molecule has 0 aliphatic heterocycles. The number of furan rings is 1. The Bertz CT molecular complexity index is 1170. The number of benzene rings is 2. The average molecular weight is 422 g/mol. The number of nitrogens with one attached hydrogen (secondary N) is 1. The molecule has 4 aromatic rings. The molecule has 0 radical (unpaired) electrons. The monoisotopic (exact) mass is 421 g/mol. The Labute approximate surface area is 179 Å². The Balaban J connectivity index is 1.34. The van der Waals surface area contributed by atoms with Crippen LogP contribution < -0.4 is 10.1 Å². The Hall–Kier alpha value is -3.51. The maximum atomic E-state index is 12.5. The van der Waals surface area contributed by atoms with E-state index >= 15 is 0 Å². The van der Waals surface area contributed by atoms with Crippen molar-refractivity contribution in [3.63, 3.8) is 0 Å². The average Bonchev–Trinajstić information content (AvgIpc) is 3.38. The first-order valence-electron chi connectivity index (χ1n) is 9.43. The predicted molar refractivity (Wildman–Crippen MR) is 115 cm³/mol. The summed E-state index contributed by atoms with van der Waals surface area (Å²) in [7, 11) is 0. The smallest absolute Gasteiger partial charge is 0.292 e. The zero-order valence-electron chi connectivity index (χ0n) is 16.3. The number of hydrogen-bond acceptors (Lipinski definition) is 4. The standard InChI is InChI=1S/C23H20ClN3O3/c1-16-5-2-3-6-17(16)14-27-12-11-22(26-27)25-23(28)21-10-9-20(30-21)15-29-19-8-4-7-18(24)13-19/h2-13H,14-15H2,1H3,(H,25,26,28). The van der Waals surface area contributed by atoms with Crippen molar-refractivity contribution in [2.24, 2.45) is 0 Å². The lowest BCUT2D eigenvalue weighted by atomic mass is 10.1. The summed E-state index contributed by atoms with van der Waals surface area (Å²) in [5, 5.41) is 7.75. The molecule has 0 saturated carbocycles. The minimum absolute atomic E-state index is 0.188. The number of aryl methyl sites for hydroxylation is 1. The maximum Gasteiger partial charge on any atom is 0.292 e. The SMILES string of the molecule is Cc1ccccc1Cn1ccc(NC(=O)c2ccc(COc3cccc(Cl)c3)o2)n1. The van der Waals surface area contributed by atoms with Crippen LogP contribution in [0.1, 0.15) is 27.4 Å². The van der Waals surface area contributed by atoms with Gasteiger partial charge in [-0.05, 0) is 48.4 Å². The van der Waals surface area contributed by atoms with Gasteiger partial charge in [0.2, 0.25) is 0 Å². The number of rotatable bonds is 7. The third kappa shape index (κ3) is 4.90. The summed E-state index contributed by atoms with van der Waals surface area (Å²) in [6.45, 7) is 2.89. The lowest BCUT2D eigenvalue weighted by Gasteiger charge is -2.05. The van der Waals surface area contributed by atoms with Crippen LogP contribution in [-0.2, 0) is 13.2 Å². The molecule has 0 aliphatic rings. The van der Waals surface area contributed by atoms with Crippen molar-refractivity contribution in [2.45, 2.75) is 20.1 Å². The first kappa shape index (κ1) is 19.8. The van der Waals surface area contributed by atoms with Gasteiger partial charge in [0.05, 0.1) is 6.54 Å². The maximum absolute atomic E-state index is 12.5. The molecule has 0 fully saturated rings. The number of aromatic nitrogens is 2. The quantitative estimate of drug-likeness (QED) is 0.438. The fourth-order valence-electron chi connectivity index (χ4n) is 2.95. The fourth-order valence-corrected chi connectivity index (χ4v) is 3.13. The molecular weight excluding hydrogens is 402 g/mol. The lowest BCUT2D eigenvalue weighted by molar-refractivity contribution is 0.0992. The lowest BCUT2D eigenvalue weighted by Crippen LogP contribution is -2.12. The van der Waals surface area contributed by atoms with E-state index in [1.807, 2.05) is 18.3 Å². The van der Waals surface area contributed by atoms with Gasteiger partial charge in [-0.2, -0.15) is 5.10 Å². The fraction of sp³-hybridized carbons (Fsp3) is 0.130. The van der Waals surface area contributed by atoms with Crippen LogP contribution >= 0.6 is 11.6 Å². The summed E-state index contributed by atoms with van der Waals surface area (Å²) < 4.78 is 13.0. The van der Waals surface area contributed by atoms with E-state index in [2.05, 4.69) is 29.5 Å². The predicted octanol–water partition coefficient (Wildman–Crippen LogP) is 5.32.